The van der Waals surface area contributed by atoms with Gasteiger partial charge in [0.05, 0.1) is 6.04 Å². The molecule has 1 aromatic rings. The second-order valence-corrected chi connectivity index (χ2v) is 8.46. The Morgan fingerprint density at radius 3 is 2.17 bits per heavy atom. The topological polar surface area (TPSA) is 80.3 Å². The van der Waals surface area contributed by atoms with Gasteiger partial charge in [-0.2, -0.15) is 0 Å². The van der Waals surface area contributed by atoms with Crippen molar-refractivity contribution in [3.8, 4) is 0 Å². The largest absolute Gasteiger partial charge is 0.228 e. The van der Waals surface area contributed by atoms with Crippen molar-refractivity contribution >= 4 is 31.5 Å². The van der Waals surface area contributed by atoms with E-state index in [4.69, 9.17) is 11.6 Å². The smallest absolute Gasteiger partial charge is 0.226 e. The van der Waals surface area contributed by atoms with Crippen molar-refractivity contribution in [3.63, 3.8) is 0 Å². The highest BCUT2D eigenvalue weighted by Gasteiger charge is 2.22. The van der Waals surface area contributed by atoms with E-state index >= 15 is 0 Å². The van der Waals surface area contributed by atoms with Crippen molar-refractivity contribution in [1.29, 1.82) is 0 Å². The van der Waals surface area contributed by atoms with E-state index in [0.29, 0.717) is 5.56 Å². The van der Waals surface area contributed by atoms with Gasteiger partial charge in [-0.3, -0.25) is 0 Å². The number of rotatable bonds is 6. The molecule has 0 spiro atoms. The van der Waals surface area contributed by atoms with E-state index in [9.17, 15) is 16.8 Å². The van der Waals surface area contributed by atoms with Crippen LogP contribution in [0.15, 0.2) is 30.3 Å². The number of benzene rings is 1. The summed E-state index contributed by atoms with van der Waals surface area (Å²) < 4.78 is 47.6. The molecule has 0 aromatic heterocycles. The van der Waals surface area contributed by atoms with Gasteiger partial charge in [-0.05, 0) is 5.56 Å². The van der Waals surface area contributed by atoms with E-state index in [1.54, 1.807) is 30.3 Å². The molecule has 1 unspecified atom stereocenters. The first-order valence-corrected chi connectivity index (χ1v) is 9.27. The minimum atomic E-state index is -3.92. The molecule has 1 rings (SSSR count). The molecule has 1 N–H and O–H groups in total. The highest BCUT2D eigenvalue weighted by atomic mass is 35.5. The number of sulfone groups is 1. The highest BCUT2D eigenvalue weighted by molar-refractivity contribution is 8.06. The van der Waals surface area contributed by atoms with Crippen molar-refractivity contribution in [2.24, 2.45) is 0 Å². The first kappa shape index (κ1) is 15.4. The monoisotopic (exact) mass is 311 g/mol. The average molecular weight is 312 g/mol. The van der Waals surface area contributed by atoms with Crippen molar-refractivity contribution < 1.29 is 16.8 Å². The van der Waals surface area contributed by atoms with E-state index < -0.39 is 31.0 Å². The summed E-state index contributed by atoms with van der Waals surface area (Å²) in [6.45, 7) is 0. The van der Waals surface area contributed by atoms with E-state index in [1.807, 2.05) is 0 Å². The molecular formula is C10H14ClNO4S2. The van der Waals surface area contributed by atoms with Crippen molar-refractivity contribution in [3.05, 3.63) is 35.9 Å². The number of sulfonamides is 1. The molecule has 0 fully saturated rings. The maximum absolute atomic E-state index is 11.6. The molecule has 8 heteroatoms. The number of halogens is 1. The summed E-state index contributed by atoms with van der Waals surface area (Å²) in [5, 5.41) is -0.944. The normalized spacial score (nSPS) is 14.3. The van der Waals surface area contributed by atoms with Gasteiger partial charge in [-0.25, -0.2) is 21.6 Å². The molecule has 0 aliphatic carbocycles. The van der Waals surface area contributed by atoms with E-state index in [1.165, 1.54) is 0 Å². The third-order valence-electron chi connectivity index (χ3n) is 2.05. The van der Waals surface area contributed by atoms with Crippen LogP contribution in [0.3, 0.4) is 0 Å². The van der Waals surface area contributed by atoms with Gasteiger partial charge in [-0.15, -0.1) is 11.6 Å². The predicted molar refractivity (Wildman–Crippen MR) is 71.7 cm³/mol. The molecule has 0 saturated carbocycles. The lowest BCUT2D eigenvalue weighted by atomic mass is 10.1. The third kappa shape index (κ3) is 5.34. The maximum Gasteiger partial charge on any atom is 0.226 e. The summed E-state index contributed by atoms with van der Waals surface area (Å²) in [5.41, 5.74) is 0.685. The number of hydrogen-bond acceptors (Lipinski definition) is 4. The van der Waals surface area contributed by atoms with Crippen LogP contribution in [0.5, 0.6) is 0 Å². The molecule has 0 radical (unpaired) electrons. The number of nitrogens with one attached hydrogen (secondary N) is 1. The molecule has 18 heavy (non-hydrogen) atoms. The Morgan fingerprint density at radius 1 is 1.17 bits per heavy atom. The van der Waals surface area contributed by atoms with Crippen LogP contribution < -0.4 is 4.72 Å². The lowest BCUT2D eigenvalue weighted by Gasteiger charge is -2.16. The van der Waals surface area contributed by atoms with Gasteiger partial charge in [0.15, 0.2) is 14.9 Å². The molecule has 0 heterocycles. The van der Waals surface area contributed by atoms with Crippen LogP contribution >= 0.6 is 11.6 Å². The van der Waals surface area contributed by atoms with Gasteiger partial charge in [0.1, 0.15) is 0 Å². The minimum absolute atomic E-state index is 0.0208. The Morgan fingerprint density at radius 2 is 1.72 bits per heavy atom. The van der Waals surface area contributed by atoms with Crippen LogP contribution in [0, 0.1) is 0 Å². The second kappa shape index (κ2) is 6.01. The molecule has 0 saturated heterocycles. The average Bonchev–Trinajstić information content (AvgIpc) is 2.24. The zero-order valence-corrected chi connectivity index (χ0v) is 12.1. The Balaban J connectivity index is 2.88. The maximum atomic E-state index is 11.6. The summed E-state index contributed by atoms with van der Waals surface area (Å²) in [4.78, 5) is 0. The van der Waals surface area contributed by atoms with Gasteiger partial charge in [0.25, 0.3) is 0 Å². The van der Waals surface area contributed by atoms with Gasteiger partial charge < -0.3 is 0 Å². The fourth-order valence-corrected chi connectivity index (χ4v) is 4.93. The molecule has 5 nitrogen and oxygen atoms in total. The molecule has 1 aromatic carbocycles. The fourth-order valence-electron chi connectivity index (χ4n) is 1.41. The summed E-state index contributed by atoms with van der Waals surface area (Å²) in [5.74, 6) is 0.0208. The van der Waals surface area contributed by atoms with Gasteiger partial charge in [0, 0.05) is 12.1 Å². The highest BCUT2D eigenvalue weighted by Crippen LogP contribution is 2.15. The zero-order chi connectivity index (χ0) is 13.8. The summed E-state index contributed by atoms with van der Waals surface area (Å²) >= 11 is 5.70. The van der Waals surface area contributed by atoms with Crippen LogP contribution in [0.2, 0.25) is 0 Å². The van der Waals surface area contributed by atoms with Crippen LogP contribution in [-0.4, -0.2) is 34.1 Å². The molecular weight excluding hydrogens is 298 g/mol. The number of hydrogen-bond donors (Lipinski definition) is 1. The Hall–Kier alpha value is -0.630. The molecule has 0 aliphatic heterocycles. The molecule has 1 atom stereocenters. The standard InChI is InChI=1S/C10H14ClNO4S2/c1-17(13,14)8-18(15,16)12-10(7-11)9-5-3-2-4-6-9/h2-6,10,12H,7-8H2,1H3. The summed E-state index contributed by atoms with van der Waals surface area (Å²) in [6, 6.07) is 8.09. The SMILES string of the molecule is CS(=O)(=O)CS(=O)(=O)NC(CCl)c1ccccc1. The Labute approximate surface area is 112 Å². The fraction of sp³-hybridized carbons (Fsp3) is 0.400. The van der Waals surface area contributed by atoms with Crippen molar-refractivity contribution in [2.75, 3.05) is 17.2 Å². The summed E-state index contributed by atoms with van der Waals surface area (Å²) in [7, 11) is -7.53. The quantitative estimate of drug-likeness (QED) is 0.791. The van der Waals surface area contributed by atoms with Gasteiger partial charge in [0.2, 0.25) is 10.0 Å². The van der Waals surface area contributed by atoms with Crippen LogP contribution in [-0.2, 0) is 19.9 Å². The Bertz CT molecular complexity index is 584. The lowest BCUT2D eigenvalue weighted by Crippen LogP contribution is -2.33. The molecule has 0 bridgehead atoms. The van der Waals surface area contributed by atoms with E-state index in [0.717, 1.165) is 6.26 Å². The number of alkyl halides is 1. The minimum Gasteiger partial charge on any atom is -0.228 e. The molecule has 0 amide bonds. The molecule has 0 aliphatic rings. The van der Waals surface area contributed by atoms with Crippen LogP contribution in [0.25, 0.3) is 0 Å². The molecule has 102 valence electrons. The first-order chi connectivity index (χ1) is 8.23. The Kier molecular flexibility index (Phi) is 5.15. The van der Waals surface area contributed by atoms with E-state index in [-0.39, 0.29) is 5.88 Å². The van der Waals surface area contributed by atoms with Crippen molar-refractivity contribution in [1.82, 2.24) is 4.72 Å². The lowest BCUT2D eigenvalue weighted by molar-refractivity contribution is 0.569. The second-order valence-electron chi connectivity index (χ2n) is 3.89. The van der Waals surface area contributed by atoms with Gasteiger partial charge in [-0.1, -0.05) is 30.3 Å². The first-order valence-electron chi connectivity index (χ1n) is 5.02. The van der Waals surface area contributed by atoms with Crippen LogP contribution in [0.1, 0.15) is 11.6 Å². The van der Waals surface area contributed by atoms with Crippen molar-refractivity contribution in [2.45, 2.75) is 6.04 Å². The van der Waals surface area contributed by atoms with Crippen LogP contribution in [0.4, 0.5) is 0 Å². The van der Waals surface area contributed by atoms with Gasteiger partial charge >= 0.3 is 0 Å². The zero-order valence-electron chi connectivity index (χ0n) is 9.71. The summed E-state index contributed by atoms with van der Waals surface area (Å²) in [6.07, 6.45) is 0.866. The predicted octanol–water partition coefficient (Wildman–Crippen LogP) is 0.888. The third-order valence-corrected chi connectivity index (χ3v) is 5.95. The van der Waals surface area contributed by atoms with E-state index in [2.05, 4.69) is 4.72 Å².